The van der Waals surface area contributed by atoms with E-state index in [2.05, 4.69) is 76.2 Å². The average molecular weight is 341 g/mol. The molecule has 0 amide bonds. The Morgan fingerprint density at radius 3 is 1.32 bits per heavy atom. The van der Waals surface area contributed by atoms with Gasteiger partial charge in [0.05, 0.1) is 13.2 Å². The summed E-state index contributed by atoms with van der Waals surface area (Å²) in [5.74, 6) is 3.11. The molecule has 2 nitrogen and oxygen atoms in total. The monoisotopic (exact) mass is 340 g/mol. The Bertz CT molecular complexity index is 545. The van der Waals surface area contributed by atoms with Crippen LogP contribution in [0.1, 0.15) is 51.7 Å². The van der Waals surface area contributed by atoms with Gasteiger partial charge in [0, 0.05) is 0 Å². The second-order valence-corrected chi connectivity index (χ2v) is 7.11. The van der Waals surface area contributed by atoms with Crippen LogP contribution in [-0.2, 0) is 6.42 Å². The number of ether oxygens (including phenoxy) is 2. The Balaban J connectivity index is 1.85. The summed E-state index contributed by atoms with van der Waals surface area (Å²) in [5, 5.41) is 0. The molecule has 0 aliphatic rings. The van der Waals surface area contributed by atoms with Gasteiger partial charge in [-0.15, -0.1) is 0 Å². The predicted molar refractivity (Wildman–Crippen MR) is 106 cm³/mol. The van der Waals surface area contributed by atoms with Crippen molar-refractivity contribution in [3.63, 3.8) is 0 Å². The molecule has 0 unspecified atom stereocenters. The van der Waals surface area contributed by atoms with Crippen molar-refractivity contribution in [3.05, 3.63) is 59.7 Å². The van der Waals surface area contributed by atoms with Crippen LogP contribution in [0, 0.1) is 11.8 Å². The maximum atomic E-state index is 5.82. The van der Waals surface area contributed by atoms with Crippen LogP contribution in [0.4, 0.5) is 0 Å². The van der Waals surface area contributed by atoms with Gasteiger partial charge in [0.15, 0.2) is 0 Å². The number of rotatable bonds is 10. The van der Waals surface area contributed by atoms with Gasteiger partial charge >= 0.3 is 0 Å². The van der Waals surface area contributed by atoms with Crippen molar-refractivity contribution in [2.45, 2.75) is 47.0 Å². The molecule has 0 radical (unpaired) electrons. The summed E-state index contributed by atoms with van der Waals surface area (Å²) in [5.41, 5.74) is 2.59. The van der Waals surface area contributed by atoms with Crippen molar-refractivity contribution in [1.82, 2.24) is 0 Å². The summed E-state index contributed by atoms with van der Waals surface area (Å²) >= 11 is 0. The van der Waals surface area contributed by atoms with Crippen molar-refractivity contribution >= 4 is 0 Å². The van der Waals surface area contributed by atoms with Crippen LogP contribution in [0.3, 0.4) is 0 Å². The maximum absolute atomic E-state index is 5.82. The Kier molecular flexibility index (Phi) is 7.84. The van der Waals surface area contributed by atoms with Gasteiger partial charge in [-0.05, 0) is 53.6 Å². The second-order valence-electron chi connectivity index (χ2n) is 7.11. The molecule has 0 aromatic heterocycles. The van der Waals surface area contributed by atoms with E-state index < -0.39 is 0 Å². The molecular weight excluding hydrogens is 308 g/mol. The molecule has 2 heteroatoms. The molecule has 2 aromatic rings. The zero-order chi connectivity index (χ0) is 18.1. The average Bonchev–Trinajstić information content (AvgIpc) is 2.66. The quantitative estimate of drug-likeness (QED) is 0.518. The van der Waals surface area contributed by atoms with Gasteiger partial charge < -0.3 is 9.47 Å². The molecule has 0 aliphatic heterocycles. The minimum atomic E-state index is 0.598. The highest BCUT2D eigenvalue weighted by Gasteiger charge is 2.03. The molecule has 0 saturated carbocycles. The van der Waals surface area contributed by atoms with Crippen LogP contribution in [0.5, 0.6) is 11.5 Å². The summed E-state index contributed by atoms with van der Waals surface area (Å²) in [6, 6.07) is 16.9. The molecule has 0 heterocycles. The highest BCUT2D eigenvalue weighted by atomic mass is 16.5. The largest absolute Gasteiger partial charge is 0.493 e. The van der Waals surface area contributed by atoms with E-state index in [4.69, 9.17) is 9.47 Å². The Labute approximate surface area is 153 Å². The highest BCUT2D eigenvalue weighted by Crippen LogP contribution is 2.19. The molecule has 2 atom stereocenters. The smallest absolute Gasteiger partial charge is 0.119 e. The van der Waals surface area contributed by atoms with E-state index in [-0.39, 0.29) is 0 Å². The first-order valence-corrected chi connectivity index (χ1v) is 9.54. The zero-order valence-electron chi connectivity index (χ0n) is 16.1. The van der Waals surface area contributed by atoms with Crippen LogP contribution in [-0.4, -0.2) is 13.2 Å². The molecule has 2 aromatic carbocycles. The molecule has 0 N–H and O–H groups in total. The van der Waals surface area contributed by atoms with Gasteiger partial charge in [0.25, 0.3) is 0 Å². The molecule has 0 spiro atoms. The summed E-state index contributed by atoms with van der Waals surface area (Å²) in [6.45, 7) is 10.4. The fourth-order valence-electron chi connectivity index (χ4n) is 2.36. The lowest BCUT2D eigenvalue weighted by molar-refractivity contribution is 0.256. The Hall–Kier alpha value is -1.96. The van der Waals surface area contributed by atoms with Crippen LogP contribution in [0.15, 0.2) is 48.5 Å². The van der Waals surface area contributed by atoms with Gasteiger partial charge in [-0.3, -0.25) is 0 Å². The highest BCUT2D eigenvalue weighted by molar-refractivity contribution is 5.34. The van der Waals surface area contributed by atoms with Crippen molar-refractivity contribution in [3.8, 4) is 11.5 Å². The molecule has 136 valence electrons. The third-order valence-corrected chi connectivity index (χ3v) is 4.72. The molecule has 0 aliphatic carbocycles. The fourth-order valence-corrected chi connectivity index (χ4v) is 2.36. The lowest BCUT2D eigenvalue weighted by Gasteiger charge is -2.12. The molecule has 0 saturated heterocycles. The zero-order valence-corrected chi connectivity index (χ0v) is 16.1. The van der Waals surface area contributed by atoms with Gasteiger partial charge in [0.1, 0.15) is 11.5 Å². The first-order chi connectivity index (χ1) is 12.1. The van der Waals surface area contributed by atoms with E-state index in [0.717, 1.165) is 44.0 Å². The summed E-state index contributed by atoms with van der Waals surface area (Å²) < 4.78 is 11.6. The van der Waals surface area contributed by atoms with E-state index in [1.807, 2.05) is 0 Å². The molecule has 0 fully saturated rings. The first-order valence-electron chi connectivity index (χ1n) is 9.54. The molecular formula is C23H32O2. The normalized spacial score (nSPS) is 13.3. The topological polar surface area (TPSA) is 18.5 Å². The third kappa shape index (κ3) is 6.81. The summed E-state index contributed by atoms with van der Waals surface area (Å²) in [4.78, 5) is 0. The number of hydrogen-bond acceptors (Lipinski definition) is 2. The van der Waals surface area contributed by atoms with Crippen molar-refractivity contribution < 1.29 is 9.47 Å². The van der Waals surface area contributed by atoms with Crippen LogP contribution >= 0.6 is 0 Å². The van der Waals surface area contributed by atoms with Crippen molar-refractivity contribution in [1.29, 1.82) is 0 Å². The molecule has 25 heavy (non-hydrogen) atoms. The fraction of sp³-hybridized carbons (Fsp3) is 0.478. The van der Waals surface area contributed by atoms with Gasteiger partial charge in [-0.2, -0.15) is 0 Å². The van der Waals surface area contributed by atoms with Crippen LogP contribution in [0.25, 0.3) is 0 Å². The standard InChI is InChI=1S/C23H32O2/c1-5-18(3)16-24-22-11-7-20(8-12-22)15-21-9-13-23(14-10-21)25-17-19(4)6-2/h7-14,18-19H,5-6,15-17H2,1-4H3/t18-,19-/m0/s1. The lowest BCUT2D eigenvalue weighted by Crippen LogP contribution is -2.07. The minimum Gasteiger partial charge on any atom is -0.493 e. The summed E-state index contributed by atoms with van der Waals surface area (Å²) in [6.07, 6.45) is 3.22. The van der Waals surface area contributed by atoms with Crippen LogP contribution in [0.2, 0.25) is 0 Å². The Morgan fingerprint density at radius 2 is 1.00 bits per heavy atom. The van der Waals surface area contributed by atoms with E-state index in [0.29, 0.717) is 11.8 Å². The van der Waals surface area contributed by atoms with Crippen molar-refractivity contribution in [2.24, 2.45) is 11.8 Å². The van der Waals surface area contributed by atoms with E-state index in [1.54, 1.807) is 0 Å². The third-order valence-electron chi connectivity index (χ3n) is 4.72. The number of hydrogen-bond donors (Lipinski definition) is 0. The number of benzene rings is 2. The van der Waals surface area contributed by atoms with E-state index >= 15 is 0 Å². The predicted octanol–water partition coefficient (Wildman–Crippen LogP) is 6.13. The van der Waals surface area contributed by atoms with Gasteiger partial charge in [-0.1, -0.05) is 64.8 Å². The molecule has 0 bridgehead atoms. The van der Waals surface area contributed by atoms with Crippen LogP contribution < -0.4 is 9.47 Å². The minimum absolute atomic E-state index is 0.598. The van der Waals surface area contributed by atoms with Gasteiger partial charge in [0.2, 0.25) is 0 Å². The van der Waals surface area contributed by atoms with Gasteiger partial charge in [-0.25, -0.2) is 0 Å². The van der Waals surface area contributed by atoms with E-state index in [9.17, 15) is 0 Å². The van der Waals surface area contributed by atoms with Crippen molar-refractivity contribution in [2.75, 3.05) is 13.2 Å². The molecule has 2 rings (SSSR count). The summed E-state index contributed by atoms with van der Waals surface area (Å²) in [7, 11) is 0. The SMILES string of the molecule is CC[C@H](C)COc1ccc(Cc2ccc(OC[C@@H](C)CC)cc2)cc1. The lowest BCUT2D eigenvalue weighted by atomic mass is 10.0. The maximum Gasteiger partial charge on any atom is 0.119 e. The van der Waals surface area contributed by atoms with E-state index in [1.165, 1.54) is 11.1 Å². The Morgan fingerprint density at radius 1 is 0.640 bits per heavy atom. The second kappa shape index (κ2) is 10.1. The first kappa shape index (κ1) is 19.4.